The molecule has 8 heteroatoms. The molecular weight excluding hydrogens is 266 g/mol. The number of nitrogens with zero attached hydrogens (tertiary/aromatic N) is 2. The summed E-state index contributed by atoms with van der Waals surface area (Å²) in [7, 11) is 0. The Morgan fingerprint density at radius 1 is 1.40 bits per heavy atom. The van der Waals surface area contributed by atoms with Gasteiger partial charge in [-0.05, 0) is 12.3 Å². The Morgan fingerprint density at radius 2 is 2.15 bits per heavy atom. The largest absolute Gasteiger partial charge is 0.481 e. The summed E-state index contributed by atoms with van der Waals surface area (Å²) in [5.41, 5.74) is -1.14. The minimum Gasteiger partial charge on any atom is -0.481 e. The van der Waals surface area contributed by atoms with Crippen LogP contribution >= 0.6 is 0 Å². The number of carbonyl (C=O) groups excluding carboxylic acids is 1. The van der Waals surface area contributed by atoms with Gasteiger partial charge in [0.25, 0.3) is 5.56 Å². The van der Waals surface area contributed by atoms with Crippen LogP contribution in [0.4, 0.5) is 0 Å². The third-order valence-corrected chi connectivity index (χ3v) is 3.30. The van der Waals surface area contributed by atoms with E-state index in [0.29, 0.717) is 19.5 Å². The Morgan fingerprint density at radius 3 is 2.80 bits per heavy atom. The van der Waals surface area contributed by atoms with Crippen molar-refractivity contribution in [3.63, 3.8) is 0 Å². The molecule has 108 valence electrons. The molecule has 1 saturated heterocycles. The van der Waals surface area contributed by atoms with Crippen molar-refractivity contribution < 1.29 is 14.7 Å². The first-order valence-electron chi connectivity index (χ1n) is 6.25. The molecule has 1 atom stereocenters. The number of carbonyl (C=O) groups is 2. The van der Waals surface area contributed by atoms with Crippen LogP contribution in [0.2, 0.25) is 0 Å². The minimum absolute atomic E-state index is 0.0382. The summed E-state index contributed by atoms with van der Waals surface area (Å²) in [6.45, 7) is 0.730. The zero-order valence-corrected chi connectivity index (χ0v) is 10.7. The predicted octanol–water partition coefficient (Wildman–Crippen LogP) is -1.14. The predicted molar refractivity (Wildman–Crippen MR) is 68.3 cm³/mol. The number of hydrogen-bond donors (Lipinski definition) is 2. The van der Waals surface area contributed by atoms with Crippen LogP contribution in [0.5, 0.6) is 0 Å². The Kier molecular flexibility index (Phi) is 4.02. The number of likely N-dealkylation sites (tertiary alicyclic amines) is 1. The standard InChI is InChI=1S/C12H15N3O5/c16-9-2-4-15(12(20)13-9)7-10(17)14-3-1-8(6-14)5-11(18)19/h2,4,8H,1,3,5-7H2,(H,18,19)(H,13,16,20). The molecule has 0 spiro atoms. The third kappa shape index (κ3) is 3.34. The molecule has 0 aromatic carbocycles. The van der Waals surface area contributed by atoms with Crippen molar-refractivity contribution >= 4 is 11.9 Å². The average Bonchev–Trinajstić information content (AvgIpc) is 2.80. The van der Waals surface area contributed by atoms with Gasteiger partial charge in [0.2, 0.25) is 5.91 Å². The SMILES string of the molecule is O=C(O)CC1CCN(C(=O)Cn2ccc(=O)[nH]c2=O)C1. The van der Waals surface area contributed by atoms with Gasteiger partial charge in [-0.3, -0.25) is 23.9 Å². The fourth-order valence-corrected chi connectivity index (χ4v) is 2.29. The van der Waals surface area contributed by atoms with Crippen LogP contribution in [0.1, 0.15) is 12.8 Å². The van der Waals surface area contributed by atoms with Crippen molar-refractivity contribution in [2.75, 3.05) is 13.1 Å². The molecule has 1 aromatic rings. The number of carboxylic acid groups (broad SMARTS) is 1. The van der Waals surface area contributed by atoms with E-state index in [-0.39, 0.29) is 24.8 Å². The average molecular weight is 281 g/mol. The van der Waals surface area contributed by atoms with Crippen molar-refractivity contribution in [2.24, 2.45) is 5.92 Å². The highest BCUT2D eigenvalue weighted by atomic mass is 16.4. The van der Waals surface area contributed by atoms with Gasteiger partial charge in [0.05, 0.1) is 0 Å². The molecule has 2 rings (SSSR count). The lowest BCUT2D eigenvalue weighted by Crippen LogP contribution is -2.37. The van der Waals surface area contributed by atoms with Crippen molar-refractivity contribution in [1.29, 1.82) is 0 Å². The van der Waals surface area contributed by atoms with Crippen molar-refractivity contribution in [3.05, 3.63) is 33.1 Å². The second-order valence-corrected chi connectivity index (χ2v) is 4.83. The van der Waals surface area contributed by atoms with Gasteiger partial charge in [0.15, 0.2) is 0 Å². The molecule has 8 nitrogen and oxygen atoms in total. The summed E-state index contributed by atoms with van der Waals surface area (Å²) in [6, 6.07) is 1.17. The normalized spacial score (nSPS) is 18.2. The zero-order valence-electron chi connectivity index (χ0n) is 10.7. The lowest BCUT2D eigenvalue weighted by atomic mass is 10.1. The molecule has 1 fully saturated rings. The van der Waals surface area contributed by atoms with Crippen LogP contribution in [0.15, 0.2) is 21.9 Å². The number of carboxylic acids is 1. The number of amides is 1. The highest BCUT2D eigenvalue weighted by molar-refractivity contribution is 5.76. The lowest BCUT2D eigenvalue weighted by molar-refractivity contribution is -0.138. The fraction of sp³-hybridized carbons (Fsp3) is 0.500. The maximum atomic E-state index is 12.0. The van der Waals surface area contributed by atoms with Gasteiger partial charge < -0.3 is 10.0 Å². The monoisotopic (exact) mass is 281 g/mol. The molecule has 0 aliphatic carbocycles. The molecule has 1 aliphatic rings. The zero-order chi connectivity index (χ0) is 14.7. The Bertz CT molecular complexity index is 632. The summed E-state index contributed by atoms with van der Waals surface area (Å²) < 4.78 is 1.12. The molecule has 2 N–H and O–H groups in total. The summed E-state index contributed by atoms with van der Waals surface area (Å²) in [5, 5.41) is 8.71. The second kappa shape index (κ2) is 5.72. The molecule has 0 saturated carbocycles. The summed E-state index contributed by atoms with van der Waals surface area (Å²) in [4.78, 5) is 48.6. The summed E-state index contributed by atoms with van der Waals surface area (Å²) >= 11 is 0. The van der Waals surface area contributed by atoms with Gasteiger partial charge in [-0.15, -0.1) is 0 Å². The van der Waals surface area contributed by atoms with Gasteiger partial charge >= 0.3 is 11.7 Å². The van der Waals surface area contributed by atoms with E-state index in [1.807, 2.05) is 0 Å². The maximum Gasteiger partial charge on any atom is 0.328 e. The Hall–Kier alpha value is -2.38. The smallest absolute Gasteiger partial charge is 0.328 e. The fourth-order valence-electron chi connectivity index (χ4n) is 2.29. The van der Waals surface area contributed by atoms with Crippen LogP contribution in [-0.2, 0) is 16.1 Å². The highest BCUT2D eigenvalue weighted by Gasteiger charge is 2.27. The van der Waals surface area contributed by atoms with E-state index in [1.54, 1.807) is 4.90 Å². The third-order valence-electron chi connectivity index (χ3n) is 3.30. The summed E-state index contributed by atoms with van der Waals surface area (Å²) in [5.74, 6) is -1.17. The van der Waals surface area contributed by atoms with Crippen molar-refractivity contribution in [2.45, 2.75) is 19.4 Å². The molecule has 1 amide bonds. The number of aliphatic carboxylic acids is 1. The van der Waals surface area contributed by atoms with Gasteiger partial charge in [-0.25, -0.2) is 4.79 Å². The molecule has 0 radical (unpaired) electrons. The lowest BCUT2D eigenvalue weighted by Gasteiger charge is -2.16. The first-order valence-corrected chi connectivity index (χ1v) is 6.25. The number of rotatable bonds is 4. The van der Waals surface area contributed by atoms with Gasteiger partial charge in [-0.2, -0.15) is 0 Å². The van der Waals surface area contributed by atoms with Crippen LogP contribution in [0.25, 0.3) is 0 Å². The molecule has 0 bridgehead atoms. The van der Waals surface area contributed by atoms with E-state index >= 15 is 0 Å². The van der Waals surface area contributed by atoms with E-state index in [1.165, 1.54) is 12.3 Å². The molecular formula is C12H15N3O5. The second-order valence-electron chi connectivity index (χ2n) is 4.83. The molecule has 20 heavy (non-hydrogen) atoms. The van der Waals surface area contributed by atoms with E-state index in [4.69, 9.17) is 5.11 Å². The number of aromatic nitrogens is 2. The topological polar surface area (TPSA) is 112 Å². The van der Waals surface area contributed by atoms with Gasteiger partial charge in [-0.1, -0.05) is 0 Å². The van der Waals surface area contributed by atoms with Gasteiger partial charge in [0.1, 0.15) is 6.54 Å². The van der Waals surface area contributed by atoms with Gasteiger partial charge in [0, 0.05) is 31.8 Å². The quantitative estimate of drug-likeness (QED) is 0.724. The van der Waals surface area contributed by atoms with E-state index in [9.17, 15) is 19.2 Å². The van der Waals surface area contributed by atoms with E-state index in [2.05, 4.69) is 4.98 Å². The van der Waals surface area contributed by atoms with Crippen LogP contribution in [0.3, 0.4) is 0 Å². The molecule has 1 aliphatic heterocycles. The first-order chi connectivity index (χ1) is 9.45. The van der Waals surface area contributed by atoms with Crippen molar-refractivity contribution in [1.82, 2.24) is 14.5 Å². The molecule has 2 heterocycles. The maximum absolute atomic E-state index is 12.0. The molecule has 1 unspecified atom stereocenters. The number of aromatic amines is 1. The number of nitrogens with one attached hydrogen (secondary N) is 1. The Balaban J connectivity index is 1.97. The first kappa shape index (κ1) is 14.0. The Labute approximate surface area is 113 Å². The van der Waals surface area contributed by atoms with E-state index < -0.39 is 17.2 Å². The van der Waals surface area contributed by atoms with Crippen LogP contribution in [-0.4, -0.2) is 44.5 Å². The highest BCUT2D eigenvalue weighted by Crippen LogP contribution is 2.19. The summed E-state index contributed by atoms with van der Waals surface area (Å²) in [6.07, 6.45) is 1.96. The van der Waals surface area contributed by atoms with Crippen LogP contribution < -0.4 is 11.2 Å². The van der Waals surface area contributed by atoms with Crippen molar-refractivity contribution in [3.8, 4) is 0 Å². The number of hydrogen-bond acceptors (Lipinski definition) is 4. The molecule has 1 aromatic heterocycles. The minimum atomic E-state index is -0.874. The van der Waals surface area contributed by atoms with Crippen LogP contribution in [0, 0.1) is 5.92 Å². The van der Waals surface area contributed by atoms with E-state index in [0.717, 1.165) is 4.57 Å². The number of H-pyrrole nitrogens is 1.